The van der Waals surface area contributed by atoms with Crippen molar-refractivity contribution in [3.63, 3.8) is 0 Å². The van der Waals surface area contributed by atoms with Crippen LogP contribution >= 0.6 is 0 Å². The summed E-state index contributed by atoms with van der Waals surface area (Å²) in [5.41, 5.74) is 0.464. The van der Waals surface area contributed by atoms with Crippen molar-refractivity contribution in [2.24, 2.45) is 0 Å². The third-order valence-electron chi connectivity index (χ3n) is 1.97. The van der Waals surface area contributed by atoms with Gasteiger partial charge in [-0.05, 0) is 6.07 Å². The molecule has 2 aromatic rings. The Morgan fingerprint density at radius 1 is 1.50 bits per heavy atom. The van der Waals surface area contributed by atoms with Gasteiger partial charge < -0.3 is 14.7 Å². The Balaban J connectivity index is 2.79. The topological polar surface area (TPSA) is 75.0 Å². The zero-order valence-electron chi connectivity index (χ0n) is 7.46. The van der Waals surface area contributed by atoms with Crippen molar-refractivity contribution in [3.8, 4) is 0 Å². The largest absolute Gasteiger partial charge is 0.465 e. The molecule has 2 heterocycles. The average Bonchev–Trinajstić information content (AvgIpc) is 2.62. The zero-order valence-corrected chi connectivity index (χ0v) is 7.46. The maximum atomic E-state index is 11.3. The van der Waals surface area contributed by atoms with Crippen molar-refractivity contribution < 1.29 is 9.53 Å². The number of fused-ring (bicyclic) bond motifs is 1. The summed E-state index contributed by atoms with van der Waals surface area (Å²) in [6, 6.07) is 2.93. The number of pyridine rings is 1. The number of hydrogen-bond acceptors (Lipinski definition) is 3. The quantitative estimate of drug-likeness (QED) is 0.651. The van der Waals surface area contributed by atoms with E-state index in [1.165, 1.54) is 13.2 Å². The Kier molecular flexibility index (Phi) is 1.85. The number of H-pyrrole nitrogens is 2. The molecule has 0 atom stereocenters. The Bertz CT molecular complexity index is 538. The van der Waals surface area contributed by atoms with E-state index in [-0.39, 0.29) is 11.1 Å². The van der Waals surface area contributed by atoms with Gasteiger partial charge >= 0.3 is 5.97 Å². The van der Waals surface area contributed by atoms with E-state index < -0.39 is 5.97 Å². The smallest absolute Gasteiger partial charge is 0.338 e. The molecule has 0 aromatic carbocycles. The molecule has 2 N–H and O–H groups in total. The van der Waals surface area contributed by atoms with Crippen molar-refractivity contribution in [2.45, 2.75) is 0 Å². The van der Waals surface area contributed by atoms with Crippen molar-refractivity contribution in [3.05, 3.63) is 34.2 Å². The van der Waals surface area contributed by atoms with Crippen molar-refractivity contribution in [2.75, 3.05) is 7.11 Å². The molecule has 5 heteroatoms. The predicted molar refractivity (Wildman–Crippen MR) is 50.3 cm³/mol. The van der Waals surface area contributed by atoms with E-state index in [1.807, 2.05) is 0 Å². The fourth-order valence-electron chi connectivity index (χ4n) is 1.34. The summed E-state index contributed by atoms with van der Waals surface area (Å²) < 4.78 is 4.56. The van der Waals surface area contributed by atoms with Gasteiger partial charge in [0, 0.05) is 17.6 Å². The summed E-state index contributed by atoms with van der Waals surface area (Å²) in [5.74, 6) is -0.513. The first-order valence-corrected chi connectivity index (χ1v) is 4.01. The van der Waals surface area contributed by atoms with Crippen molar-refractivity contribution >= 4 is 17.0 Å². The lowest BCUT2D eigenvalue weighted by atomic mass is 10.2. The second-order valence-electron chi connectivity index (χ2n) is 2.81. The number of methoxy groups -OCH3 is 1. The Morgan fingerprint density at radius 2 is 2.29 bits per heavy atom. The lowest BCUT2D eigenvalue weighted by Gasteiger charge is -1.99. The van der Waals surface area contributed by atoms with Gasteiger partial charge in [-0.15, -0.1) is 0 Å². The minimum Gasteiger partial charge on any atom is -0.465 e. The lowest BCUT2D eigenvalue weighted by Crippen LogP contribution is -2.11. The number of carbonyl (C=O) groups is 1. The number of rotatable bonds is 1. The number of nitrogens with one attached hydrogen (secondary N) is 2. The molecule has 2 aromatic heterocycles. The van der Waals surface area contributed by atoms with Gasteiger partial charge in [-0.25, -0.2) is 4.79 Å². The van der Waals surface area contributed by atoms with Gasteiger partial charge in [-0.2, -0.15) is 0 Å². The van der Waals surface area contributed by atoms with E-state index in [0.717, 1.165) is 0 Å². The van der Waals surface area contributed by atoms with E-state index in [0.29, 0.717) is 11.0 Å². The second kappa shape index (κ2) is 3.02. The summed E-state index contributed by atoms with van der Waals surface area (Å²) in [6.07, 6.45) is 1.65. The van der Waals surface area contributed by atoms with Gasteiger partial charge in [-0.3, -0.25) is 4.79 Å². The third kappa shape index (κ3) is 1.19. The molecule has 2 rings (SSSR count). The van der Waals surface area contributed by atoms with Gasteiger partial charge in [0.15, 0.2) is 0 Å². The molecule has 0 aliphatic heterocycles. The van der Waals surface area contributed by atoms with Crippen LogP contribution in [0.25, 0.3) is 11.0 Å². The van der Waals surface area contributed by atoms with Crippen LogP contribution in [0.1, 0.15) is 10.4 Å². The minimum absolute atomic E-state index is 0.271. The zero-order chi connectivity index (χ0) is 10.1. The first-order valence-electron chi connectivity index (χ1n) is 4.01. The molecule has 0 aliphatic rings. The van der Waals surface area contributed by atoms with Crippen LogP contribution < -0.4 is 5.56 Å². The van der Waals surface area contributed by atoms with Crippen LogP contribution in [0.2, 0.25) is 0 Å². The van der Waals surface area contributed by atoms with E-state index in [4.69, 9.17) is 0 Å². The number of hydrogen-bond donors (Lipinski definition) is 2. The first-order chi connectivity index (χ1) is 6.72. The van der Waals surface area contributed by atoms with Gasteiger partial charge in [0.1, 0.15) is 5.65 Å². The summed E-state index contributed by atoms with van der Waals surface area (Å²) in [7, 11) is 1.28. The highest BCUT2D eigenvalue weighted by molar-refractivity contribution is 6.02. The molecule has 14 heavy (non-hydrogen) atoms. The third-order valence-corrected chi connectivity index (χ3v) is 1.97. The summed E-state index contributed by atoms with van der Waals surface area (Å²) >= 11 is 0. The molecular formula is C9H8N2O3. The van der Waals surface area contributed by atoms with Gasteiger partial charge in [0.25, 0.3) is 0 Å². The highest BCUT2D eigenvalue weighted by atomic mass is 16.5. The van der Waals surface area contributed by atoms with Crippen LogP contribution in [0, 0.1) is 0 Å². The fraction of sp³-hybridized carbons (Fsp3) is 0.111. The van der Waals surface area contributed by atoms with Crippen LogP contribution in [0.15, 0.2) is 23.1 Å². The van der Waals surface area contributed by atoms with E-state index in [2.05, 4.69) is 14.7 Å². The highest BCUT2D eigenvalue weighted by Crippen LogP contribution is 2.13. The predicted octanol–water partition coefficient (Wildman–Crippen LogP) is 0.643. The molecule has 0 amide bonds. The van der Waals surface area contributed by atoms with Crippen LogP contribution in [-0.2, 0) is 4.74 Å². The summed E-state index contributed by atoms with van der Waals surface area (Å²) in [6.45, 7) is 0. The van der Waals surface area contributed by atoms with Crippen LogP contribution in [0.5, 0.6) is 0 Å². The number of esters is 1. The second-order valence-corrected chi connectivity index (χ2v) is 2.81. The molecule has 0 fully saturated rings. The summed E-state index contributed by atoms with van der Waals surface area (Å²) in [4.78, 5) is 27.8. The molecule has 0 bridgehead atoms. The Labute approximate surface area is 78.7 Å². The van der Waals surface area contributed by atoms with Gasteiger partial charge in [-0.1, -0.05) is 0 Å². The SMILES string of the molecule is COC(=O)c1cc(=O)[nH]c2[nH]ccc12. The minimum atomic E-state index is -0.513. The van der Waals surface area contributed by atoms with E-state index in [1.54, 1.807) is 12.3 Å². The molecule has 0 radical (unpaired) electrons. The average molecular weight is 192 g/mol. The number of ether oxygens (including phenoxy) is 1. The van der Waals surface area contributed by atoms with Gasteiger partial charge in [0.2, 0.25) is 5.56 Å². The molecule has 0 spiro atoms. The molecular weight excluding hydrogens is 184 g/mol. The Morgan fingerprint density at radius 3 is 3.00 bits per heavy atom. The van der Waals surface area contributed by atoms with Gasteiger partial charge in [0.05, 0.1) is 12.7 Å². The normalized spacial score (nSPS) is 10.4. The Hall–Kier alpha value is -2.04. The monoisotopic (exact) mass is 192 g/mol. The summed E-state index contributed by atoms with van der Waals surface area (Å²) in [5, 5.41) is 0.649. The lowest BCUT2D eigenvalue weighted by molar-refractivity contribution is 0.0603. The molecule has 5 nitrogen and oxygen atoms in total. The van der Waals surface area contributed by atoms with Crippen LogP contribution in [0.4, 0.5) is 0 Å². The molecule has 0 saturated carbocycles. The first kappa shape index (κ1) is 8.55. The molecule has 72 valence electrons. The standard InChI is InChI=1S/C9H8N2O3/c1-14-9(13)6-4-7(12)11-8-5(6)2-3-10-8/h2-4H,1H3,(H2,10,11,12). The van der Waals surface area contributed by atoms with Crippen molar-refractivity contribution in [1.82, 2.24) is 9.97 Å². The van der Waals surface area contributed by atoms with E-state index in [9.17, 15) is 9.59 Å². The number of carbonyl (C=O) groups excluding carboxylic acids is 1. The molecule has 0 aliphatic carbocycles. The van der Waals surface area contributed by atoms with Crippen LogP contribution in [-0.4, -0.2) is 23.0 Å². The maximum absolute atomic E-state index is 11.3. The van der Waals surface area contributed by atoms with Crippen LogP contribution in [0.3, 0.4) is 0 Å². The molecule has 0 saturated heterocycles. The highest BCUT2D eigenvalue weighted by Gasteiger charge is 2.11. The number of aromatic nitrogens is 2. The number of aromatic amines is 2. The fourth-order valence-corrected chi connectivity index (χ4v) is 1.34. The van der Waals surface area contributed by atoms with E-state index >= 15 is 0 Å². The maximum Gasteiger partial charge on any atom is 0.338 e. The molecule has 0 unspecified atom stereocenters. The van der Waals surface area contributed by atoms with Crippen molar-refractivity contribution in [1.29, 1.82) is 0 Å².